The van der Waals surface area contributed by atoms with Crippen molar-refractivity contribution in [2.75, 3.05) is 5.32 Å². The Morgan fingerprint density at radius 2 is 1.81 bits per heavy atom. The van der Waals surface area contributed by atoms with Crippen LogP contribution in [-0.4, -0.2) is 32.4 Å². The highest BCUT2D eigenvalue weighted by atomic mass is 19.4. The van der Waals surface area contributed by atoms with E-state index in [2.05, 4.69) is 15.4 Å². The summed E-state index contributed by atoms with van der Waals surface area (Å²) in [5.41, 5.74) is 3.65. The molecule has 0 radical (unpaired) electrons. The first-order valence-electron chi connectivity index (χ1n) is 10.8. The first-order valence-corrected chi connectivity index (χ1v) is 10.8. The van der Waals surface area contributed by atoms with Crippen molar-refractivity contribution < 1.29 is 31.9 Å². The summed E-state index contributed by atoms with van der Waals surface area (Å²) in [6.07, 6.45) is -4.92. The van der Waals surface area contributed by atoms with Gasteiger partial charge >= 0.3 is 6.18 Å². The van der Waals surface area contributed by atoms with Crippen molar-refractivity contribution in [1.29, 1.82) is 0 Å². The standard InChI is InChI=1S/C25H19F4N5O3/c1-12-21(22(25(27,28)29)33-34(12)11-14-4-3-5-15(8-14)13(2)35)32-24(37)20-10-18(23(30)36)17-7-6-16(26)9-19(17)31-20/h3-10H,11H2,1-2H3,(H2,30,36)(H,32,37). The number of nitrogens with two attached hydrogens (primary N) is 1. The minimum Gasteiger partial charge on any atom is -0.366 e. The summed E-state index contributed by atoms with van der Waals surface area (Å²) in [5, 5.41) is 6.01. The molecule has 8 nitrogen and oxygen atoms in total. The number of halogens is 4. The van der Waals surface area contributed by atoms with Gasteiger partial charge in [0, 0.05) is 17.0 Å². The molecule has 0 bridgehead atoms. The highest BCUT2D eigenvalue weighted by Gasteiger charge is 2.39. The Bertz CT molecular complexity index is 1580. The molecular weight excluding hydrogens is 494 g/mol. The van der Waals surface area contributed by atoms with E-state index in [1.807, 2.05) is 0 Å². The maximum Gasteiger partial charge on any atom is 0.437 e. The Hall–Kier alpha value is -4.61. The van der Waals surface area contributed by atoms with Crippen molar-refractivity contribution in [3.63, 3.8) is 0 Å². The van der Waals surface area contributed by atoms with Crippen LogP contribution in [0.25, 0.3) is 10.9 Å². The zero-order chi connectivity index (χ0) is 27.1. The smallest absolute Gasteiger partial charge is 0.366 e. The maximum absolute atomic E-state index is 13.8. The molecule has 12 heteroatoms. The van der Waals surface area contributed by atoms with Crippen LogP contribution in [0.3, 0.4) is 0 Å². The highest BCUT2D eigenvalue weighted by molar-refractivity contribution is 6.10. The van der Waals surface area contributed by atoms with Crippen LogP contribution in [-0.2, 0) is 12.7 Å². The Morgan fingerprint density at radius 1 is 1.08 bits per heavy atom. The van der Waals surface area contributed by atoms with Crippen LogP contribution >= 0.6 is 0 Å². The third kappa shape index (κ3) is 5.17. The number of primary amides is 1. The van der Waals surface area contributed by atoms with Crippen molar-refractivity contribution in [1.82, 2.24) is 14.8 Å². The number of nitrogens with zero attached hydrogens (tertiary/aromatic N) is 3. The average molecular weight is 513 g/mol. The third-order valence-corrected chi connectivity index (χ3v) is 5.65. The molecule has 3 N–H and O–H groups in total. The molecule has 0 spiro atoms. The number of hydrogen-bond donors (Lipinski definition) is 2. The molecule has 0 saturated carbocycles. The van der Waals surface area contributed by atoms with E-state index in [1.54, 1.807) is 24.3 Å². The molecular formula is C25H19F4N5O3. The van der Waals surface area contributed by atoms with Gasteiger partial charge in [0.05, 0.1) is 29.0 Å². The summed E-state index contributed by atoms with van der Waals surface area (Å²) in [4.78, 5) is 40.5. The Balaban J connectivity index is 1.74. The molecule has 4 rings (SSSR count). The molecule has 2 heterocycles. The van der Waals surface area contributed by atoms with Gasteiger partial charge in [-0.2, -0.15) is 18.3 Å². The summed E-state index contributed by atoms with van der Waals surface area (Å²) < 4.78 is 56.3. The predicted octanol–water partition coefficient (Wildman–Crippen LogP) is 4.50. The van der Waals surface area contributed by atoms with Gasteiger partial charge in [0.25, 0.3) is 5.91 Å². The van der Waals surface area contributed by atoms with Crippen LogP contribution in [0.2, 0.25) is 0 Å². The summed E-state index contributed by atoms with van der Waals surface area (Å²) >= 11 is 0. The lowest BCUT2D eigenvalue weighted by Gasteiger charge is -2.11. The van der Waals surface area contributed by atoms with Crippen molar-refractivity contribution in [3.8, 4) is 0 Å². The van der Waals surface area contributed by atoms with Crippen LogP contribution in [0.15, 0.2) is 48.5 Å². The molecule has 2 aromatic carbocycles. The molecule has 0 aliphatic heterocycles. The molecule has 37 heavy (non-hydrogen) atoms. The number of ketones is 1. The molecule has 190 valence electrons. The van der Waals surface area contributed by atoms with Gasteiger partial charge in [-0.05, 0) is 43.7 Å². The van der Waals surface area contributed by atoms with Gasteiger partial charge in [0.2, 0.25) is 5.91 Å². The molecule has 0 unspecified atom stereocenters. The van der Waals surface area contributed by atoms with Crippen LogP contribution in [0, 0.1) is 12.7 Å². The largest absolute Gasteiger partial charge is 0.437 e. The molecule has 0 saturated heterocycles. The van der Waals surface area contributed by atoms with E-state index < -0.39 is 40.9 Å². The average Bonchev–Trinajstić information content (AvgIpc) is 3.13. The number of carbonyl (C=O) groups excluding carboxylic acids is 3. The third-order valence-electron chi connectivity index (χ3n) is 5.65. The number of pyridine rings is 1. The van der Waals surface area contributed by atoms with Crippen molar-refractivity contribution in [3.05, 3.63) is 88.1 Å². The van der Waals surface area contributed by atoms with E-state index in [4.69, 9.17) is 5.73 Å². The monoisotopic (exact) mass is 513 g/mol. The fourth-order valence-electron chi connectivity index (χ4n) is 3.81. The number of alkyl halides is 3. The predicted molar refractivity (Wildman–Crippen MR) is 126 cm³/mol. The van der Waals surface area contributed by atoms with Gasteiger partial charge in [0.15, 0.2) is 11.5 Å². The molecule has 0 aliphatic rings. The van der Waals surface area contributed by atoms with Gasteiger partial charge in [0.1, 0.15) is 11.5 Å². The normalized spacial score (nSPS) is 11.5. The zero-order valence-electron chi connectivity index (χ0n) is 19.5. The minimum absolute atomic E-state index is 0.0177. The minimum atomic E-state index is -4.92. The SMILES string of the molecule is CC(=O)c1cccc(Cn2nc(C(F)(F)F)c(NC(=O)c3cc(C(N)=O)c4ccc(F)cc4n3)c2C)c1. The fourth-order valence-corrected chi connectivity index (χ4v) is 3.81. The number of nitrogens with one attached hydrogen (secondary N) is 1. The summed E-state index contributed by atoms with van der Waals surface area (Å²) in [5.74, 6) is -2.92. The molecule has 0 aliphatic carbocycles. The molecule has 2 aromatic heterocycles. The van der Waals surface area contributed by atoms with Crippen LogP contribution in [0.4, 0.5) is 23.2 Å². The fraction of sp³-hybridized carbons (Fsp3) is 0.160. The van der Waals surface area contributed by atoms with E-state index in [-0.39, 0.29) is 34.5 Å². The van der Waals surface area contributed by atoms with Gasteiger partial charge in [-0.3, -0.25) is 19.1 Å². The van der Waals surface area contributed by atoms with Gasteiger partial charge in [-0.25, -0.2) is 9.37 Å². The second-order valence-corrected chi connectivity index (χ2v) is 8.26. The van der Waals surface area contributed by atoms with E-state index in [1.165, 1.54) is 19.9 Å². The number of fused-ring (bicyclic) bond motifs is 1. The van der Waals surface area contributed by atoms with E-state index >= 15 is 0 Å². The lowest BCUT2D eigenvalue weighted by Crippen LogP contribution is -2.19. The highest BCUT2D eigenvalue weighted by Crippen LogP contribution is 2.36. The summed E-state index contributed by atoms with van der Waals surface area (Å²) in [7, 11) is 0. The van der Waals surface area contributed by atoms with Crippen LogP contribution < -0.4 is 11.1 Å². The van der Waals surface area contributed by atoms with Crippen molar-refractivity contribution in [2.45, 2.75) is 26.6 Å². The van der Waals surface area contributed by atoms with Crippen LogP contribution in [0.5, 0.6) is 0 Å². The molecule has 0 fully saturated rings. The Morgan fingerprint density at radius 3 is 2.46 bits per heavy atom. The number of carbonyl (C=O) groups is 3. The second-order valence-electron chi connectivity index (χ2n) is 8.26. The number of rotatable bonds is 6. The van der Waals surface area contributed by atoms with Crippen molar-refractivity contribution in [2.24, 2.45) is 5.73 Å². The number of anilines is 1. The van der Waals surface area contributed by atoms with E-state index in [9.17, 15) is 31.9 Å². The number of aromatic nitrogens is 3. The number of Topliss-reactive ketones (excluding diaryl/α,β-unsaturated/α-hetero) is 1. The van der Waals surface area contributed by atoms with Crippen molar-refractivity contribution >= 4 is 34.2 Å². The molecule has 2 amide bonds. The Labute approximate surface area is 207 Å². The van der Waals surface area contributed by atoms with Crippen LogP contribution in [0.1, 0.15) is 55.1 Å². The topological polar surface area (TPSA) is 120 Å². The van der Waals surface area contributed by atoms with E-state index in [0.717, 1.165) is 22.9 Å². The number of hydrogen-bond acceptors (Lipinski definition) is 5. The first-order chi connectivity index (χ1) is 17.3. The van der Waals surface area contributed by atoms with Gasteiger partial charge in [-0.1, -0.05) is 18.2 Å². The lowest BCUT2D eigenvalue weighted by atomic mass is 10.1. The van der Waals surface area contributed by atoms with Gasteiger partial charge in [-0.15, -0.1) is 0 Å². The van der Waals surface area contributed by atoms with E-state index in [0.29, 0.717) is 11.1 Å². The Kier molecular flexibility index (Phi) is 6.51. The first kappa shape index (κ1) is 25.5. The molecule has 0 atom stereocenters. The maximum atomic E-state index is 13.8. The molecule has 4 aromatic rings. The number of amides is 2. The zero-order valence-corrected chi connectivity index (χ0v) is 19.5. The lowest BCUT2D eigenvalue weighted by molar-refractivity contribution is -0.140. The van der Waals surface area contributed by atoms with Gasteiger partial charge < -0.3 is 11.1 Å². The second kappa shape index (κ2) is 9.45. The summed E-state index contributed by atoms with van der Waals surface area (Å²) in [6.45, 7) is 2.60. The number of benzene rings is 2. The summed E-state index contributed by atoms with van der Waals surface area (Å²) in [6, 6.07) is 10.7. The quantitative estimate of drug-likeness (QED) is 0.291.